The maximum atomic E-state index is 2.12. The molecule has 1 aliphatic rings. The van der Waals surface area contributed by atoms with Gasteiger partial charge in [-0.3, -0.25) is 0 Å². The fraction of sp³-hybridized carbons (Fsp3) is 0.208. The fourth-order valence-corrected chi connectivity index (χ4v) is 5.69. The second-order valence-corrected chi connectivity index (χ2v) is 9.40. The number of fused-ring (bicyclic) bond motifs is 2. The molecule has 0 N–H and O–H groups in total. The number of rotatable bonds is 0. The first kappa shape index (κ1) is 25.2. The van der Waals surface area contributed by atoms with Crippen molar-refractivity contribution in [2.45, 2.75) is 32.1 Å². The molecule has 0 unspecified atom stereocenters. The molecule has 5 rings (SSSR count). The summed E-state index contributed by atoms with van der Waals surface area (Å²) in [5.41, 5.74) is 0. The van der Waals surface area contributed by atoms with Crippen LogP contribution in [0.15, 0.2) is 84.9 Å². The SMILES string of the molecule is [Cl-].[Cl-].[Zr+2]=[Si]=C1CCCCC1.c1ccc2[cH-]ccc2c1.c1ccc2[cH-]ccc2c1. The molecule has 0 spiro atoms. The predicted octanol–water partition coefficient (Wildman–Crippen LogP) is 0.414. The smallest absolute Gasteiger partial charge is 0.0809 e. The van der Waals surface area contributed by atoms with E-state index in [1.165, 1.54) is 59.4 Å². The molecule has 0 atom stereocenters. The van der Waals surface area contributed by atoms with E-state index in [0.29, 0.717) is 0 Å². The van der Waals surface area contributed by atoms with Crippen LogP contribution in [0.1, 0.15) is 32.1 Å². The second kappa shape index (κ2) is 14.2. The summed E-state index contributed by atoms with van der Waals surface area (Å²) in [5, 5.41) is 7.19. The van der Waals surface area contributed by atoms with Crippen LogP contribution >= 0.6 is 0 Å². The molecular weight excluding hydrogens is 478 g/mol. The molecule has 0 nitrogen and oxygen atoms in total. The monoisotopic (exact) mass is 500 g/mol. The third-order valence-electron chi connectivity index (χ3n) is 4.73. The molecule has 4 heteroatoms. The van der Waals surface area contributed by atoms with Crippen molar-refractivity contribution in [3.8, 4) is 0 Å². The predicted molar refractivity (Wildman–Crippen MR) is 113 cm³/mol. The van der Waals surface area contributed by atoms with Gasteiger partial charge in [0.05, 0.1) is 0 Å². The quantitative estimate of drug-likeness (QED) is 0.242. The zero-order valence-electron chi connectivity index (χ0n) is 15.9. The van der Waals surface area contributed by atoms with Gasteiger partial charge < -0.3 is 24.8 Å². The number of hydrogen-bond acceptors (Lipinski definition) is 0. The van der Waals surface area contributed by atoms with E-state index in [2.05, 4.69) is 84.9 Å². The summed E-state index contributed by atoms with van der Waals surface area (Å²) in [5.74, 6) is 1.21. The van der Waals surface area contributed by atoms with Gasteiger partial charge in [-0.1, -0.05) is 12.1 Å². The van der Waals surface area contributed by atoms with Crippen LogP contribution in [0.25, 0.3) is 21.5 Å². The summed E-state index contributed by atoms with van der Waals surface area (Å²) in [6.07, 6.45) is 7.38. The van der Waals surface area contributed by atoms with E-state index in [9.17, 15) is 0 Å². The molecule has 0 amide bonds. The average molecular weight is 503 g/mol. The van der Waals surface area contributed by atoms with Crippen molar-refractivity contribution in [3.05, 3.63) is 84.9 Å². The van der Waals surface area contributed by atoms with Crippen molar-refractivity contribution in [1.29, 1.82) is 0 Å². The minimum atomic E-state index is 0. The van der Waals surface area contributed by atoms with Gasteiger partial charge in [0.25, 0.3) is 0 Å². The van der Waals surface area contributed by atoms with Gasteiger partial charge in [-0.25, -0.2) is 0 Å². The van der Waals surface area contributed by atoms with Crippen molar-refractivity contribution >= 4 is 32.5 Å². The Morgan fingerprint density at radius 1 is 0.643 bits per heavy atom. The van der Waals surface area contributed by atoms with E-state index in [0.717, 1.165) is 0 Å². The summed E-state index contributed by atoms with van der Waals surface area (Å²) < 4.78 is 0. The molecule has 4 aromatic carbocycles. The van der Waals surface area contributed by atoms with Crippen LogP contribution in [0.2, 0.25) is 0 Å². The Labute approximate surface area is 196 Å². The standard InChI is InChI=1S/2C9H7.C6H10Si.2ClH.Zr/c2*1-2-5-9-7-3-6-8(9)4-1;7-6-4-2-1-3-5-6;;;/h2*1-7H;1-5H2;2*1H;/q2*-1;;;;+2/p-2. The molecule has 0 radical (unpaired) electrons. The first-order valence-corrected chi connectivity index (χ1v) is 14.0. The van der Waals surface area contributed by atoms with E-state index >= 15 is 0 Å². The Morgan fingerprint density at radius 3 is 1.50 bits per heavy atom. The summed E-state index contributed by atoms with van der Waals surface area (Å²) in [4.78, 5) is 0. The molecule has 28 heavy (non-hydrogen) atoms. The maximum absolute atomic E-state index is 2.12. The molecule has 0 heterocycles. The number of benzene rings is 2. The number of hydrogen-bond donors (Lipinski definition) is 0. The first-order valence-electron chi connectivity index (χ1n) is 9.35. The minimum Gasteiger partial charge on any atom is -0.168 e. The fourth-order valence-electron chi connectivity index (χ4n) is 3.24. The topological polar surface area (TPSA) is 0 Å². The third-order valence-corrected chi connectivity index (χ3v) is 8.19. The summed E-state index contributed by atoms with van der Waals surface area (Å²) in [6.45, 7) is 0. The van der Waals surface area contributed by atoms with Crippen LogP contribution in [-0.4, -0.2) is 10.9 Å². The van der Waals surface area contributed by atoms with Gasteiger partial charge >= 0.3 is 66.4 Å². The van der Waals surface area contributed by atoms with E-state index < -0.39 is 0 Å². The summed E-state index contributed by atoms with van der Waals surface area (Å²) in [6, 6.07) is 29.3. The third kappa shape index (κ3) is 7.91. The number of halogens is 2. The van der Waals surface area contributed by atoms with Gasteiger partial charge in [0.2, 0.25) is 0 Å². The zero-order valence-corrected chi connectivity index (χ0v) is 20.8. The largest absolute Gasteiger partial charge is 0.168 e. The Hall–Kier alpha value is -0.790. The van der Waals surface area contributed by atoms with Crippen LogP contribution in [0.5, 0.6) is 0 Å². The summed E-state index contributed by atoms with van der Waals surface area (Å²) in [7, 11) is 0. The molecule has 1 saturated carbocycles. The molecule has 0 bridgehead atoms. The second-order valence-electron chi connectivity index (χ2n) is 6.60. The van der Waals surface area contributed by atoms with Gasteiger partial charge in [-0.05, 0) is 0 Å². The van der Waals surface area contributed by atoms with E-state index in [4.69, 9.17) is 0 Å². The van der Waals surface area contributed by atoms with Crippen LogP contribution < -0.4 is 24.8 Å². The Balaban J connectivity index is 0.000000203. The first-order chi connectivity index (χ1) is 12.9. The molecule has 0 aromatic heterocycles. The zero-order chi connectivity index (χ0) is 18.0. The molecule has 4 aromatic rings. The molecule has 1 fully saturated rings. The van der Waals surface area contributed by atoms with Crippen molar-refractivity contribution in [2.75, 3.05) is 0 Å². The van der Waals surface area contributed by atoms with Crippen molar-refractivity contribution in [1.82, 2.24) is 0 Å². The minimum absolute atomic E-state index is 0. The van der Waals surface area contributed by atoms with Gasteiger partial charge in [0.1, 0.15) is 0 Å². The maximum Gasteiger partial charge on any atom is -0.0809 e. The van der Waals surface area contributed by atoms with Crippen LogP contribution in [-0.2, 0) is 23.3 Å². The van der Waals surface area contributed by atoms with E-state index in [1.807, 2.05) is 5.17 Å². The normalized spacial score (nSPS) is 12.4. The van der Waals surface area contributed by atoms with Gasteiger partial charge in [-0.15, -0.1) is 59.3 Å². The van der Waals surface area contributed by atoms with Crippen LogP contribution in [0, 0.1) is 0 Å². The van der Waals surface area contributed by atoms with Crippen molar-refractivity contribution in [2.24, 2.45) is 0 Å². The van der Waals surface area contributed by atoms with Gasteiger partial charge in [0.15, 0.2) is 0 Å². The van der Waals surface area contributed by atoms with Crippen LogP contribution in [0.3, 0.4) is 0 Å². The van der Waals surface area contributed by atoms with Crippen LogP contribution in [0.4, 0.5) is 0 Å². The summed E-state index contributed by atoms with van der Waals surface area (Å²) >= 11 is 1.73. The van der Waals surface area contributed by atoms with Crippen molar-refractivity contribution in [3.63, 3.8) is 0 Å². The Kier molecular flexibility index (Phi) is 12.8. The Morgan fingerprint density at radius 2 is 1.11 bits per heavy atom. The molecule has 0 saturated heterocycles. The molecular formula is C24H24Cl2SiZr-2. The van der Waals surface area contributed by atoms with E-state index in [1.54, 1.807) is 23.3 Å². The molecule has 144 valence electrons. The Bertz CT molecular complexity index is 861. The van der Waals surface area contributed by atoms with Gasteiger partial charge in [0, 0.05) is 0 Å². The van der Waals surface area contributed by atoms with Gasteiger partial charge in [-0.2, -0.15) is 35.0 Å². The molecule has 0 aliphatic heterocycles. The van der Waals surface area contributed by atoms with E-state index in [-0.39, 0.29) is 24.8 Å². The molecule has 1 aliphatic carbocycles. The average Bonchev–Trinajstić information content (AvgIpc) is 3.38. The van der Waals surface area contributed by atoms with Crippen molar-refractivity contribution < 1.29 is 48.1 Å².